The van der Waals surface area contributed by atoms with Crippen LogP contribution in [0.15, 0.2) is 30.5 Å². The van der Waals surface area contributed by atoms with E-state index in [1.807, 2.05) is 0 Å². The normalized spacial score (nSPS) is 18.5. The zero-order valence-corrected chi connectivity index (χ0v) is 12.7. The van der Waals surface area contributed by atoms with E-state index in [0.717, 1.165) is 12.5 Å². The van der Waals surface area contributed by atoms with Gasteiger partial charge in [-0.2, -0.15) is 0 Å². The van der Waals surface area contributed by atoms with Crippen molar-refractivity contribution in [2.75, 3.05) is 0 Å². The lowest BCUT2D eigenvalue weighted by Gasteiger charge is -2.28. The summed E-state index contributed by atoms with van der Waals surface area (Å²) in [4.78, 5) is 0. The fourth-order valence-electron chi connectivity index (χ4n) is 3.64. The predicted molar refractivity (Wildman–Crippen MR) is 85.8 cm³/mol. The molecule has 1 aromatic carbocycles. The first-order chi connectivity index (χ1) is 9.75. The smallest absolute Gasteiger partial charge is 0.0481 e. The Hall–Kier alpha value is -1.28. The molecule has 1 aromatic heterocycles. The van der Waals surface area contributed by atoms with Gasteiger partial charge in [-0.1, -0.05) is 37.5 Å². The Labute approximate surface area is 122 Å². The van der Waals surface area contributed by atoms with Crippen molar-refractivity contribution in [3.8, 4) is 0 Å². The highest BCUT2D eigenvalue weighted by Gasteiger charge is 2.19. The number of aryl methyl sites for hydroxylation is 1. The molecule has 1 N–H and O–H groups in total. The summed E-state index contributed by atoms with van der Waals surface area (Å²) < 4.78 is 2.23. The van der Waals surface area contributed by atoms with Crippen LogP contribution in [0.3, 0.4) is 0 Å². The van der Waals surface area contributed by atoms with Gasteiger partial charge in [0.05, 0.1) is 0 Å². The molecule has 1 saturated carbocycles. The van der Waals surface area contributed by atoms with Gasteiger partial charge in [-0.3, -0.25) is 0 Å². The van der Waals surface area contributed by atoms with Gasteiger partial charge in [0.25, 0.3) is 0 Å². The fourth-order valence-corrected chi connectivity index (χ4v) is 3.64. The second-order valence-electron chi connectivity index (χ2n) is 6.35. The Kier molecular flexibility index (Phi) is 4.11. The number of hydrogen-bond acceptors (Lipinski definition) is 1. The minimum Gasteiger partial charge on any atom is -0.350 e. The van der Waals surface area contributed by atoms with E-state index in [-0.39, 0.29) is 0 Å². The lowest BCUT2D eigenvalue weighted by Crippen LogP contribution is -2.34. The molecule has 20 heavy (non-hydrogen) atoms. The second kappa shape index (κ2) is 6.01. The van der Waals surface area contributed by atoms with Crippen LogP contribution in [0.5, 0.6) is 0 Å². The summed E-state index contributed by atoms with van der Waals surface area (Å²) in [7, 11) is 2.14. The van der Waals surface area contributed by atoms with Crippen molar-refractivity contribution in [3.63, 3.8) is 0 Å². The average molecular weight is 270 g/mol. The molecule has 0 spiro atoms. The van der Waals surface area contributed by atoms with Gasteiger partial charge in [0.15, 0.2) is 0 Å². The zero-order chi connectivity index (χ0) is 13.9. The van der Waals surface area contributed by atoms with E-state index >= 15 is 0 Å². The van der Waals surface area contributed by atoms with Crippen LogP contribution in [-0.4, -0.2) is 10.6 Å². The van der Waals surface area contributed by atoms with Crippen LogP contribution in [0.2, 0.25) is 0 Å². The van der Waals surface area contributed by atoms with E-state index in [1.54, 1.807) is 0 Å². The molecule has 0 saturated heterocycles. The summed E-state index contributed by atoms with van der Waals surface area (Å²) in [6.07, 6.45) is 9.36. The topological polar surface area (TPSA) is 17.0 Å². The summed E-state index contributed by atoms with van der Waals surface area (Å²) in [5.41, 5.74) is 2.75. The van der Waals surface area contributed by atoms with Crippen molar-refractivity contribution in [2.45, 2.75) is 51.6 Å². The molecule has 0 amide bonds. The van der Waals surface area contributed by atoms with Crippen LogP contribution in [0, 0.1) is 5.92 Å². The lowest BCUT2D eigenvalue weighted by molar-refractivity contribution is 0.281. The van der Waals surface area contributed by atoms with Crippen molar-refractivity contribution in [1.82, 2.24) is 9.88 Å². The second-order valence-corrected chi connectivity index (χ2v) is 6.35. The number of para-hydroxylation sites is 1. The molecule has 0 unspecified atom stereocenters. The largest absolute Gasteiger partial charge is 0.350 e. The van der Waals surface area contributed by atoms with E-state index in [1.165, 1.54) is 48.6 Å². The molecule has 3 rings (SSSR count). The van der Waals surface area contributed by atoms with Crippen LogP contribution < -0.4 is 5.32 Å². The van der Waals surface area contributed by atoms with Gasteiger partial charge in [-0.05, 0) is 37.3 Å². The summed E-state index contributed by atoms with van der Waals surface area (Å²) >= 11 is 0. The quantitative estimate of drug-likeness (QED) is 0.879. The number of hydrogen-bond donors (Lipinski definition) is 1. The van der Waals surface area contributed by atoms with Crippen LogP contribution in [0.25, 0.3) is 10.9 Å². The van der Waals surface area contributed by atoms with E-state index in [0.29, 0.717) is 6.04 Å². The maximum absolute atomic E-state index is 3.76. The molecular weight excluding hydrogens is 244 g/mol. The molecule has 1 aliphatic carbocycles. The number of nitrogens with one attached hydrogen (secondary N) is 1. The van der Waals surface area contributed by atoms with Gasteiger partial charge in [0, 0.05) is 36.7 Å². The third-order valence-corrected chi connectivity index (χ3v) is 4.95. The summed E-state index contributed by atoms with van der Waals surface area (Å²) in [6.45, 7) is 3.35. The minimum absolute atomic E-state index is 0.634. The van der Waals surface area contributed by atoms with E-state index < -0.39 is 0 Å². The Morgan fingerprint density at radius 1 is 1.20 bits per heavy atom. The molecule has 1 fully saturated rings. The first kappa shape index (κ1) is 13.7. The predicted octanol–water partition coefficient (Wildman–Crippen LogP) is 4.24. The Morgan fingerprint density at radius 3 is 2.75 bits per heavy atom. The molecule has 0 bridgehead atoms. The molecule has 1 aliphatic rings. The van der Waals surface area contributed by atoms with Crippen LogP contribution in [0.4, 0.5) is 0 Å². The highest BCUT2D eigenvalue weighted by Crippen LogP contribution is 2.27. The zero-order valence-electron chi connectivity index (χ0n) is 12.7. The lowest BCUT2D eigenvalue weighted by atomic mass is 9.84. The Balaban J connectivity index is 1.67. The van der Waals surface area contributed by atoms with Gasteiger partial charge in [-0.15, -0.1) is 0 Å². The van der Waals surface area contributed by atoms with Crippen molar-refractivity contribution < 1.29 is 0 Å². The Bertz CT molecular complexity index is 564. The Morgan fingerprint density at radius 2 is 1.95 bits per heavy atom. The molecule has 1 heterocycles. The number of rotatable bonds is 4. The highest BCUT2D eigenvalue weighted by atomic mass is 14.9. The molecule has 1 atom stereocenters. The van der Waals surface area contributed by atoms with E-state index in [4.69, 9.17) is 0 Å². The minimum atomic E-state index is 0.634. The van der Waals surface area contributed by atoms with Crippen molar-refractivity contribution in [3.05, 3.63) is 36.0 Å². The van der Waals surface area contributed by atoms with Gasteiger partial charge in [-0.25, -0.2) is 0 Å². The third kappa shape index (κ3) is 2.76. The van der Waals surface area contributed by atoms with Gasteiger partial charge < -0.3 is 9.88 Å². The fraction of sp³-hybridized carbons (Fsp3) is 0.556. The van der Waals surface area contributed by atoms with E-state index in [9.17, 15) is 0 Å². The number of fused-ring (bicyclic) bond motifs is 1. The molecule has 0 aliphatic heterocycles. The van der Waals surface area contributed by atoms with Gasteiger partial charge in [0.1, 0.15) is 0 Å². The summed E-state index contributed by atoms with van der Waals surface area (Å²) in [5, 5.41) is 5.15. The number of benzene rings is 1. The molecule has 2 heteroatoms. The maximum atomic E-state index is 3.76. The van der Waals surface area contributed by atoms with Gasteiger partial charge >= 0.3 is 0 Å². The van der Waals surface area contributed by atoms with Crippen molar-refractivity contribution in [2.24, 2.45) is 13.0 Å². The standard InChI is InChI=1S/C18H26N2/c1-14(15-8-4-3-5-9-15)19-12-16-13-20(2)18-11-7-6-10-17(16)18/h6-7,10-11,13-15,19H,3-5,8-9,12H2,1-2H3/t14-/m1/s1. The van der Waals surface area contributed by atoms with Crippen LogP contribution in [0.1, 0.15) is 44.6 Å². The molecule has 2 nitrogen and oxygen atoms in total. The molecular formula is C18H26N2. The maximum Gasteiger partial charge on any atom is 0.0481 e. The number of nitrogens with zero attached hydrogens (tertiary/aromatic N) is 1. The summed E-state index contributed by atoms with van der Waals surface area (Å²) in [5.74, 6) is 0.874. The third-order valence-electron chi connectivity index (χ3n) is 4.95. The SMILES string of the molecule is C[C@@H](NCc1cn(C)c2ccccc12)C1CCCCC1. The first-order valence-electron chi connectivity index (χ1n) is 8.02. The van der Waals surface area contributed by atoms with E-state index in [2.05, 4.69) is 54.3 Å². The highest BCUT2D eigenvalue weighted by molar-refractivity contribution is 5.83. The van der Waals surface area contributed by atoms with Crippen molar-refractivity contribution in [1.29, 1.82) is 0 Å². The molecule has 2 aromatic rings. The van der Waals surface area contributed by atoms with Crippen LogP contribution >= 0.6 is 0 Å². The molecule has 0 radical (unpaired) electrons. The summed E-state index contributed by atoms with van der Waals surface area (Å²) in [6, 6.07) is 9.32. The van der Waals surface area contributed by atoms with Gasteiger partial charge in [0.2, 0.25) is 0 Å². The van der Waals surface area contributed by atoms with Crippen molar-refractivity contribution >= 4 is 10.9 Å². The van der Waals surface area contributed by atoms with Crippen LogP contribution in [-0.2, 0) is 13.6 Å². The monoisotopic (exact) mass is 270 g/mol. The molecule has 108 valence electrons. The first-order valence-corrected chi connectivity index (χ1v) is 8.02. The average Bonchev–Trinajstić information content (AvgIpc) is 2.83. The number of aromatic nitrogens is 1.